The molecule has 3 rings (SSSR count). The number of rotatable bonds is 3. The number of ether oxygens (including phenoxy) is 1. The van der Waals surface area contributed by atoms with Crippen molar-refractivity contribution >= 4 is 0 Å². The molecule has 116 valence electrons. The Labute approximate surface area is 128 Å². The molecule has 0 aromatic heterocycles. The molecule has 1 aliphatic rings. The summed E-state index contributed by atoms with van der Waals surface area (Å²) in [5.74, 6) is 0.432. The molecule has 22 heavy (non-hydrogen) atoms. The molecule has 5 heteroatoms. The second kappa shape index (κ2) is 5.77. The molecule has 5 nitrogen and oxygen atoms in total. The van der Waals surface area contributed by atoms with E-state index in [1.807, 2.05) is 6.07 Å². The van der Waals surface area contributed by atoms with Crippen LogP contribution in [0.1, 0.15) is 22.7 Å². The van der Waals surface area contributed by atoms with Gasteiger partial charge in [0.1, 0.15) is 6.04 Å². The zero-order chi connectivity index (χ0) is 15.7. The van der Waals surface area contributed by atoms with Crippen LogP contribution < -0.4 is 10.1 Å². The Balaban J connectivity index is 1.91. The molecule has 0 bridgehead atoms. The average molecular weight is 302 g/mol. The van der Waals surface area contributed by atoms with E-state index in [1.165, 1.54) is 11.6 Å². The van der Waals surface area contributed by atoms with Crippen LogP contribution in [0.15, 0.2) is 30.3 Å². The Morgan fingerprint density at radius 3 is 2.64 bits per heavy atom. The minimum atomic E-state index is -0.112. The third-order valence-electron chi connectivity index (χ3n) is 4.20. The third-order valence-corrected chi connectivity index (χ3v) is 4.20. The normalized spacial score (nSPS) is 17.0. The van der Waals surface area contributed by atoms with Crippen molar-refractivity contribution in [2.75, 3.05) is 13.7 Å². The number of phenolic OH excluding ortho intramolecular Hbond substituents is 3. The predicted octanol–water partition coefficient (Wildman–Crippen LogP) is 1.22. The van der Waals surface area contributed by atoms with E-state index in [-0.39, 0.29) is 23.3 Å². The molecule has 0 unspecified atom stereocenters. The summed E-state index contributed by atoms with van der Waals surface area (Å²) in [6, 6.07) is 8.74. The first kappa shape index (κ1) is 14.5. The summed E-state index contributed by atoms with van der Waals surface area (Å²) in [5.41, 5.74) is 3.22. The molecule has 2 aromatic carbocycles. The largest absolute Gasteiger partial charge is 0.504 e. The number of fused-ring (bicyclic) bond motifs is 1. The van der Waals surface area contributed by atoms with Gasteiger partial charge in [-0.2, -0.15) is 0 Å². The SMILES string of the molecule is COc1cc2c(cc1O)[C@H](Cc1ccc(O)c(O)c1)[NH2+]CC2. The second-order valence-corrected chi connectivity index (χ2v) is 5.63. The number of methoxy groups -OCH3 is 1. The number of phenols is 3. The van der Waals surface area contributed by atoms with Crippen molar-refractivity contribution in [2.45, 2.75) is 18.9 Å². The van der Waals surface area contributed by atoms with Crippen molar-refractivity contribution in [3.05, 3.63) is 47.0 Å². The lowest BCUT2D eigenvalue weighted by molar-refractivity contribution is -0.698. The van der Waals surface area contributed by atoms with E-state index in [9.17, 15) is 15.3 Å². The van der Waals surface area contributed by atoms with Gasteiger partial charge in [-0.15, -0.1) is 0 Å². The summed E-state index contributed by atoms with van der Waals surface area (Å²) in [5, 5.41) is 31.3. The highest BCUT2D eigenvalue weighted by Crippen LogP contribution is 2.34. The standard InChI is InChI=1S/C17H19NO4/c1-22-17-8-11-4-5-18-13(12(11)9-16(17)21)6-10-2-3-14(19)15(20)7-10/h2-3,7-9,13,18-21H,4-6H2,1H3/p+1/t13-/m0/s1. The molecule has 1 atom stereocenters. The fourth-order valence-corrected chi connectivity index (χ4v) is 3.06. The van der Waals surface area contributed by atoms with Crippen LogP contribution in [0.2, 0.25) is 0 Å². The molecule has 1 aliphatic heterocycles. The Bertz CT molecular complexity index is 699. The van der Waals surface area contributed by atoms with Crippen LogP contribution in [0.3, 0.4) is 0 Å². The van der Waals surface area contributed by atoms with Gasteiger partial charge in [0.05, 0.1) is 13.7 Å². The summed E-state index contributed by atoms with van der Waals surface area (Å²) in [6.45, 7) is 0.968. The average Bonchev–Trinajstić information content (AvgIpc) is 2.51. The molecule has 0 aliphatic carbocycles. The van der Waals surface area contributed by atoms with Gasteiger partial charge < -0.3 is 25.4 Å². The quantitative estimate of drug-likeness (QED) is 0.642. The number of hydrogen-bond acceptors (Lipinski definition) is 4. The van der Waals surface area contributed by atoms with Crippen molar-refractivity contribution in [3.8, 4) is 23.0 Å². The van der Waals surface area contributed by atoms with Crippen molar-refractivity contribution in [2.24, 2.45) is 0 Å². The van der Waals surface area contributed by atoms with Gasteiger partial charge in [-0.25, -0.2) is 0 Å². The molecule has 1 heterocycles. The maximum absolute atomic E-state index is 10.0. The maximum Gasteiger partial charge on any atom is 0.160 e. The van der Waals surface area contributed by atoms with Gasteiger partial charge in [0.25, 0.3) is 0 Å². The number of quaternary nitrogens is 1. The molecule has 0 fully saturated rings. The van der Waals surface area contributed by atoms with Crippen molar-refractivity contribution in [1.82, 2.24) is 0 Å². The third kappa shape index (κ3) is 2.67. The first-order valence-corrected chi connectivity index (χ1v) is 7.32. The van der Waals surface area contributed by atoms with Crippen LogP contribution in [0.4, 0.5) is 0 Å². The molecule has 0 saturated carbocycles. The van der Waals surface area contributed by atoms with Crippen LogP contribution >= 0.6 is 0 Å². The summed E-state index contributed by atoms with van der Waals surface area (Å²) in [7, 11) is 1.55. The number of aromatic hydroxyl groups is 3. The highest BCUT2D eigenvalue weighted by Gasteiger charge is 2.25. The fraction of sp³-hybridized carbons (Fsp3) is 0.294. The van der Waals surface area contributed by atoms with Gasteiger partial charge in [-0.05, 0) is 35.4 Å². The zero-order valence-corrected chi connectivity index (χ0v) is 12.4. The maximum atomic E-state index is 10.0. The van der Waals surface area contributed by atoms with Gasteiger partial charge in [0.2, 0.25) is 0 Å². The van der Waals surface area contributed by atoms with Crippen LogP contribution in [-0.4, -0.2) is 29.0 Å². The van der Waals surface area contributed by atoms with E-state index in [1.54, 1.807) is 25.3 Å². The number of hydrogen-bond donors (Lipinski definition) is 4. The first-order valence-electron chi connectivity index (χ1n) is 7.32. The van der Waals surface area contributed by atoms with E-state index in [0.717, 1.165) is 24.1 Å². The Morgan fingerprint density at radius 2 is 1.91 bits per heavy atom. The molecule has 5 N–H and O–H groups in total. The monoisotopic (exact) mass is 302 g/mol. The summed E-state index contributed by atoms with van der Waals surface area (Å²) in [6.07, 6.45) is 1.65. The molecule has 0 spiro atoms. The molecular weight excluding hydrogens is 282 g/mol. The molecular formula is C17H20NO4+. The molecule has 0 saturated heterocycles. The second-order valence-electron chi connectivity index (χ2n) is 5.63. The molecule has 0 amide bonds. The zero-order valence-electron chi connectivity index (χ0n) is 12.4. The predicted molar refractivity (Wildman–Crippen MR) is 81.4 cm³/mol. The minimum Gasteiger partial charge on any atom is -0.504 e. The van der Waals surface area contributed by atoms with Crippen LogP contribution in [0.25, 0.3) is 0 Å². The van der Waals surface area contributed by atoms with Crippen LogP contribution in [0, 0.1) is 0 Å². The highest BCUT2D eigenvalue weighted by molar-refractivity contribution is 5.48. The summed E-state index contributed by atoms with van der Waals surface area (Å²) < 4.78 is 5.17. The molecule has 2 aromatic rings. The Kier molecular flexibility index (Phi) is 3.81. The Morgan fingerprint density at radius 1 is 1.09 bits per heavy atom. The minimum absolute atomic E-state index is 0.105. The summed E-state index contributed by atoms with van der Waals surface area (Å²) in [4.78, 5) is 0. The van der Waals surface area contributed by atoms with E-state index in [0.29, 0.717) is 12.2 Å². The van der Waals surface area contributed by atoms with Gasteiger partial charge >= 0.3 is 0 Å². The number of nitrogens with two attached hydrogens (primary N) is 1. The van der Waals surface area contributed by atoms with E-state index in [4.69, 9.17) is 4.74 Å². The lowest BCUT2D eigenvalue weighted by Crippen LogP contribution is -2.87. The lowest BCUT2D eigenvalue weighted by atomic mass is 9.90. The van der Waals surface area contributed by atoms with Gasteiger partial charge in [-0.1, -0.05) is 6.07 Å². The van der Waals surface area contributed by atoms with Crippen molar-refractivity contribution in [3.63, 3.8) is 0 Å². The van der Waals surface area contributed by atoms with Gasteiger partial charge in [0.15, 0.2) is 23.0 Å². The van der Waals surface area contributed by atoms with Crippen molar-refractivity contribution < 1.29 is 25.4 Å². The Hall–Kier alpha value is -2.40. The topological polar surface area (TPSA) is 86.5 Å². The first-order chi connectivity index (χ1) is 10.6. The van der Waals surface area contributed by atoms with Gasteiger partial charge in [0, 0.05) is 18.4 Å². The van der Waals surface area contributed by atoms with E-state index < -0.39 is 0 Å². The van der Waals surface area contributed by atoms with Gasteiger partial charge in [-0.3, -0.25) is 0 Å². The smallest absolute Gasteiger partial charge is 0.160 e. The highest BCUT2D eigenvalue weighted by atomic mass is 16.5. The summed E-state index contributed by atoms with van der Waals surface area (Å²) >= 11 is 0. The van der Waals surface area contributed by atoms with Crippen LogP contribution in [0.5, 0.6) is 23.0 Å². The van der Waals surface area contributed by atoms with Crippen molar-refractivity contribution in [1.29, 1.82) is 0 Å². The fourth-order valence-electron chi connectivity index (χ4n) is 3.06. The van der Waals surface area contributed by atoms with E-state index >= 15 is 0 Å². The van der Waals surface area contributed by atoms with Crippen LogP contribution in [-0.2, 0) is 12.8 Å². The molecule has 0 radical (unpaired) electrons. The lowest BCUT2D eigenvalue weighted by Gasteiger charge is -2.25. The number of benzene rings is 2. The van der Waals surface area contributed by atoms with E-state index in [2.05, 4.69) is 5.32 Å².